The van der Waals surface area contributed by atoms with Gasteiger partial charge in [-0.1, -0.05) is 23.3 Å². The number of halogens is 2. The second-order valence-corrected chi connectivity index (χ2v) is 5.46. The first-order valence-electron chi connectivity index (χ1n) is 5.48. The number of hydrogen-bond donors (Lipinski definition) is 0. The Hall–Kier alpha value is -0.800. The third kappa shape index (κ3) is 2.90. The minimum atomic E-state index is 0.0480. The molecule has 1 aromatic rings. The van der Waals surface area contributed by atoms with Crippen molar-refractivity contribution in [1.82, 2.24) is 4.90 Å². The molecule has 1 aliphatic heterocycles. The Kier molecular flexibility index (Phi) is 3.89. The molecular formula is C13H13BrClNO. The summed E-state index contributed by atoms with van der Waals surface area (Å²) in [5, 5.41) is 0.570. The van der Waals surface area contributed by atoms with Crippen molar-refractivity contribution in [3.63, 3.8) is 0 Å². The lowest BCUT2D eigenvalue weighted by Crippen LogP contribution is -2.35. The standard InChI is InChI=1S/C13H13BrClNO/c1-9-3-2-6-16(8-9)13(17)10-4-5-11(14)12(15)7-10/h3-5,7H,2,6,8H2,1H3. The van der Waals surface area contributed by atoms with Crippen LogP contribution >= 0.6 is 27.5 Å². The lowest BCUT2D eigenvalue weighted by Gasteiger charge is -2.26. The first kappa shape index (κ1) is 12.7. The topological polar surface area (TPSA) is 20.3 Å². The number of carbonyl (C=O) groups excluding carboxylic acids is 1. The van der Waals surface area contributed by atoms with Crippen molar-refractivity contribution in [3.8, 4) is 0 Å². The molecule has 0 spiro atoms. The molecule has 2 nitrogen and oxygen atoms in total. The number of carbonyl (C=O) groups is 1. The van der Waals surface area contributed by atoms with Crippen LogP contribution in [0.3, 0.4) is 0 Å². The summed E-state index contributed by atoms with van der Waals surface area (Å²) < 4.78 is 0.811. The fraction of sp³-hybridized carbons (Fsp3) is 0.308. The molecule has 0 saturated heterocycles. The van der Waals surface area contributed by atoms with Crippen LogP contribution in [0, 0.1) is 0 Å². The van der Waals surface area contributed by atoms with Gasteiger partial charge in [0.05, 0.1) is 5.02 Å². The van der Waals surface area contributed by atoms with E-state index in [0.717, 1.165) is 17.4 Å². The Labute approximate surface area is 114 Å². The summed E-state index contributed by atoms with van der Waals surface area (Å²) in [7, 11) is 0. The zero-order valence-corrected chi connectivity index (χ0v) is 11.9. The Balaban J connectivity index is 2.19. The average molecular weight is 315 g/mol. The van der Waals surface area contributed by atoms with Crippen molar-refractivity contribution in [2.24, 2.45) is 0 Å². The van der Waals surface area contributed by atoms with E-state index in [4.69, 9.17) is 11.6 Å². The third-order valence-electron chi connectivity index (χ3n) is 2.79. The molecule has 0 atom stereocenters. The first-order chi connectivity index (χ1) is 8.08. The largest absolute Gasteiger partial charge is 0.334 e. The van der Waals surface area contributed by atoms with E-state index in [1.165, 1.54) is 5.57 Å². The Morgan fingerprint density at radius 3 is 2.88 bits per heavy atom. The fourth-order valence-electron chi connectivity index (χ4n) is 1.90. The molecule has 0 bridgehead atoms. The Morgan fingerprint density at radius 1 is 1.47 bits per heavy atom. The summed E-state index contributed by atoms with van der Waals surface area (Å²) in [6.45, 7) is 3.55. The van der Waals surface area contributed by atoms with Gasteiger partial charge in [-0.15, -0.1) is 0 Å². The highest BCUT2D eigenvalue weighted by Gasteiger charge is 2.18. The smallest absolute Gasteiger partial charge is 0.254 e. The second kappa shape index (κ2) is 5.23. The Bertz CT molecular complexity index is 484. The van der Waals surface area contributed by atoms with E-state index in [-0.39, 0.29) is 5.91 Å². The van der Waals surface area contributed by atoms with Crippen LogP contribution in [0.4, 0.5) is 0 Å². The molecule has 1 heterocycles. The molecule has 4 heteroatoms. The fourth-order valence-corrected chi connectivity index (χ4v) is 2.32. The van der Waals surface area contributed by atoms with Crippen LogP contribution in [-0.4, -0.2) is 23.9 Å². The molecule has 1 amide bonds. The predicted octanol–water partition coefficient (Wildman–Crippen LogP) is 3.89. The molecule has 0 N–H and O–H groups in total. The quantitative estimate of drug-likeness (QED) is 0.720. The maximum Gasteiger partial charge on any atom is 0.254 e. The lowest BCUT2D eigenvalue weighted by atomic mass is 10.1. The zero-order chi connectivity index (χ0) is 12.4. The number of benzene rings is 1. The predicted molar refractivity (Wildman–Crippen MR) is 73.4 cm³/mol. The maximum atomic E-state index is 12.2. The second-order valence-electron chi connectivity index (χ2n) is 4.19. The summed E-state index contributed by atoms with van der Waals surface area (Å²) in [5.41, 5.74) is 1.89. The van der Waals surface area contributed by atoms with Gasteiger partial charge in [0.2, 0.25) is 0 Å². The zero-order valence-electron chi connectivity index (χ0n) is 9.54. The highest BCUT2D eigenvalue weighted by molar-refractivity contribution is 9.10. The van der Waals surface area contributed by atoms with E-state index in [2.05, 4.69) is 22.0 Å². The van der Waals surface area contributed by atoms with Gasteiger partial charge in [0.25, 0.3) is 5.91 Å². The van der Waals surface area contributed by atoms with Crippen molar-refractivity contribution in [3.05, 3.63) is 44.9 Å². The Morgan fingerprint density at radius 2 is 2.24 bits per heavy atom. The van der Waals surface area contributed by atoms with E-state index < -0.39 is 0 Å². The van der Waals surface area contributed by atoms with Crippen molar-refractivity contribution >= 4 is 33.4 Å². The highest BCUT2D eigenvalue weighted by Crippen LogP contribution is 2.24. The molecular weight excluding hydrogens is 302 g/mol. The van der Waals surface area contributed by atoms with E-state index in [9.17, 15) is 4.79 Å². The van der Waals surface area contributed by atoms with Gasteiger partial charge in [0, 0.05) is 23.1 Å². The molecule has 90 valence electrons. The SMILES string of the molecule is CC1=CCCN(C(=O)c2ccc(Br)c(Cl)c2)C1. The first-order valence-corrected chi connectivity index (χ1v) is 6.65. The van der Waals surface area contributed by atoms with Gasteiger partial charge in [-0.05, 0) is 47.5 Å². The van der Waals surface area contributed by atoms with Gasteiger partial charge in [0.15, 0.2) is 0 Å². The van der Waals surface area contributed by atoms with Crippen LogP contribution in [0.25, 0.3) is 0 Å². The molecule has 2 rings (SSSR count). The van der Waals surface area contributed by atoms with Gasteiger partial charge in [-0.25, -0.2) is 0 Å². The van der Waals surface area contributed by atoms with Crippen LogP contribution < -0.4 is 0 Å². The van der Waals surface area contributed by atoms with Gasteiger partial charge < -0.3 is 4.90 Å². The molecule has 0 radical (unpaired) electrons. The summed E-state index contributed by atoms with van der Waals surface area (Å²) in [6, 6.07) is 5.32. The number of amides is 1. The molecule has 1 aliphatic rings. The van der Waals surface area contributed by atoms with Crippen molar-refractivity contribution in [2.45, 2.75) is 13.3 Å². The van der Waals surface area contributed by atoms with Crippen LogP contribution in [0.1, 0.15) is 23.7 Å². The third-order valence-corrected chi connectivity index (χ3v) is 4.02. The summed E-state index contributed by atoms with van der Waals surface area (Å²) in [5.74, 6) is 0.0480. The molecule has 0 aliphatic carbocycles. The van der Waals surface area contributed by atoms with Crippen molar-refractivity contribution in [2.75, 3.05) is 13.1 Å². The minimum absolute atomic E-state index is 0.0480. The number of nitrogens with zero attached hydrogens (tertiary/aromatic N) is 1. The van der Waals surface area contributed by atoms with E-state index >= 15 is 0 Å². The van der Waals surface area contributed by atoms with Gasteiger partial charge >= 0.3 is 0 Å². The van der Waals surface area contributed by atoms with E-state index in [1.54, 1.807) is 12.1 Å². The molecule has 1 aromatic carbocycles. The minimum Gasteiger partial charge on any atom is -0.334 e. The van der Waals surface area contributed by atoms with Gasteiger partial charge in [-0.2, -0.15) is 0 Å². The van der Waals surface area contributed by atoms with Crippen LogP contribution in [-0.2, 0) is 0 Å². The summed E-state index contributed by atoms with van der Waals surface area (Å²) in [6.07, 6.45) is 3.11. The molecule has 0 fully saturated rings. The van der Waals surface area contributed by atoms with Gasteiger partial charge in [-0.3, -0.25) is 4.79 Å². The van der Waals surface area contributed by atoms with Crippen LogP contribution in [0.5, 0.6) is 0 Å². The maximum absolute atomic E-state index is 12.2. The average Bonchev–Trinajstić information content (AvgIpc) is 2.32. The van der Waals surface area contributed by atoms with Crippen molar-refractivity contribution < 1.29 is 4.79 Å². The van der Waals surface area contributed by atoms with Crippen molar-refractivity contribution in [1.29, 1.82) is 0 Å². The molecule has 0 saturated carbocycles. The lowest BCUT2D eigenvalue weighted by molar-refractivity contribution is 0.0766. The normalized spacial score (nSPS) is 15.7. The van der Waals surface area contributed by atoms with Gasteiger partial charge in [0.1, 0.15) is 0 Å². The van der Waals surface area contributed by atoms with Crippen LogP contribution in [0.2, 0.25) is 5.02 Å². The summed E-state index contributed by atoms with van der Waals surface area (Å²) >= 11 is 9.31. The van der Waals surface area contributed by atoms with Crippen LogP contribution in [0.15, 0.2) is 34.3 Å². The van der Waals surface area contributed by atoms with E-state index in [1.807, 2.05) is 17.9 Å². The molecule has 0 aromatic heterocycles. The summed E-state index contributed by atoms with van der Waals surface area (Å²) in [4.78, 5) is 14.1. The molecule has 0 unspecified atom stereocenters. The monoisotopic (exact) mass is 313 g/mol. The van der Waals surface area contributed by atoms with E-state index in [0.29, 0.717) is 17.1 Å². The number of rotatable bonds is 1. The molecule has 17 heavy (non-hydrogen) atoms. The highest BCUT2D eigenvalue weighted by atomic mass is 79.9. The number of hydrogen-bond acceptors (Lipinski definition) is 1.